The van der Waals surface area contributed by atoms with Crippen LogP contribution in [0.2, 0.25) is 0 Å². The summed E-state index contributed by atoms with van der Waals surface area (Å²) in [6.07, 6.45) is -5.98. The van der Waals surface area contributed by atoms with Gasteiger partial charge < -0.3 is 25.1 Å². The lowest BCUT2D eigenvalue weighted by Gasteiger charge is -2.22. The first-order valence-corrected chi connectivity index (χ1v) is 6.07. The van der Waals surface area contributed by atoms with E-state index in [-0.39, 0.29) is 0 Å². The molecule has 1 aliphatic carbocycles. The van der Waals surface area contributed by atoms with Crippen LogP contribution < -0.4 is 15.5 Å². The second-order valence-electron chi connectivity index (χ2n) is 4.60. The fourth-order valence-corrected chi connectivity index (χ4v) is 1.93. The topological polar surface area (TPSA) is 105 Å². The molecule has 22 heavy (non-hydrogen) atoms. The van der Waals surface area contributed by atoms with Crippen LogP contribution in [0.3, 0.4) is 0 Å². The Hall–Kier alpha value is -2.39. The molecule has 0 spiro atoms. The SMILES string of the molecule is O=C([O-])c1c(C(F)F)nc(C(F)F)c(C(=O)[O-])c1NC1CC1. The Morgan fingerprint density at radius 1 is 1.00 bits per heavy atom. The first-order chi connectivity index (χ1) is 10.2. The summed E-state index contributed by atoms with van der Waals surface area (Å²) >= 11 is 0. The zero-order chi connectivity index (χ0) is 16.6. The summed E-state index contributed by atoms with van der Waals surface area (Å²) in [5.41, 5.74) is -6.30. The Kier molecular flexibility index (Phi) is 4.20. The normalized spacial score (nSPS) is 14.5. The Balaban J connectivity index is 2.80. The quantitative estimate of drug-likeness (QED) is 0.754. The molecule has 1 N–H and O–H groups in total. The molecule has 1 aliphatic rings. The molecule has 0 amide bonds. The standard InChI is InChI=1S/C12H10F4N2O4/c13-9(14)7-4(11(19)20)6(17-3-1-2-3)5(12(21)22)8(18-7)10(15)16/h3,9-10H,1-2H2,(H,17,18)(H,19,20)(H,21,22)/p-2. The van der Waals surface area contributed by atoms with Gasteiger partial charge in [-0.2, -0.15) is 0 Å². The maximum Gasteiger partial charge on any atom is 0.281 e. The van der Waals surface area contributed by atoms with Crippen molar-refractivity contribution in [1.82, 2.24) is 4.98 Å². The molecule has 1 heterocycles. The van der Waals surface area contributed by atoms with Gasteiger partial charge >= 0.3 is 0 Å². The summed E-state index contributed by atoms with van der Waals surface area (Å²) < 4.78 is 51.6. The van der Waals surface area contributed by atoms with Gasteiger partial charge in [-0.05, 0) is 12.8 Å². The van der Waals surface area contributed by atoms with Crippen molar-refractivity contribution in [3.8, 4) is 0 Å². The highest BCUT2D eigenvalue weighted by atomic mass is 19.3. The Bertz CT molecular complexity index is 588. The van der Waals surface area contributed by atoms with E-state index in [0.29, 0.717) is 12.8 Å². The maximum absolute atomic E-state index is 12.9. The second kappa shape index (κ2) is 5.78. The van der Waals surface area contributed by atoms with Crippen molar-refractivity contribution in [3.05, 3.63) is 22.5 Å². The van der Waals surface area contributed by atoms with E-state index in [1.165, 1.54) is 0 Å². The number of hydrogen-bond acceptors (Lipinski definition) is 6. The number of carbonyl (C=O) groups excluding carboxylic acids is 2. The number of hydrogen-bond donors (Lipinski definition) is 1. The average molecular weight is 320 g/mol. The number of carboxylic acids is 2. The van der Waals surface area contributed by atoms with Crippen molar-refractivity contribution in [3.63, 3.8) is 0 Å². The summed E-state index contributed by atoms with van der Waals surface area (Å²) in [6, 6.07) is -0.394. The van der Waals surface area contributed by atoms with Crippen LogP contribution in [0.4, 0.5) is 23.2 Å². The largest absolute Gasteiger partial charge is 0.545 e. The van der Waals surface area contributed by atoms with Gasteiger partial charge in [-0.25, -0.2) is 22.5 Å². The summed E-state index contributed by atoms with van der Waals surface area (Å²) in [5, 5.41) is 24.5. The van der Waals surface area contributed by atoms with Crippen LogP contribution in [-0.4, -0.2) is 23.0 Å². The molecular formula is C12H8F4N2O4-2. The van der Waals surface area contributed by atoms with E-state index < -0.39 is 59.0 Å². The molecule has 1 aromatic rings. The number of halogens is 4. The van der Waals surface area contributed by atoms with Crippen LogP contribution in [0.1, 0.15) is 57.8 Å². The molecule has 10 heteroatoms. The predicted molar refractivity (Wildman–Crippen MR) is 59.5 cm³/mol. The second-order valence-corrected chi connectivity index (χ2v) is 4.60. The first-order valence-electron chi connectivity index (χ1n) is 6.07. The van der Waals surface area contributed by atoms with E-state index in [2.05, 4.69) is 10.3 Å². The van der Waals surface area contributed by atoms with E-state index >= 15 is 0 Å². The lowest BCUT2D eigenvalue weighted by molar-refractivity contribution is -0.255. The molecule has 0 atom stereocenters. The van der Waals surface area contributed by atoms with Crippen LogP contribution in [0.25, 0.3) is 0 Å². The number of aromatic nitrogens is 1. The number of nitrogens with one attached hydrogen (secondary N) is 1. The smallest absolute Gasteiger partial charge is 0.281 e. The summed E-state index contributed by atoms with van der Waals surface area (Å²) in [6.45, 7) is 0. The van der Waals surface area contributed by atoms with Crippen molar-refractivity contribution in [2.45, 2.75) is 31.7 Å². The van der Waals surface area contributed by atoms with Gasteiger partial charge in [0.15, 0.2) is 0 Å². The van der Waals surface area contributed by atoms with E-state index in [0.717, 1.165) is 0 Å². The van der Waals surface area contributed by atoms with Gasteiger partial charge in [-0.3, -0.25) is 0 Å². The van der Waals surface area contributed by atoms with Crippen molar-refractivity contribution < 1.29 is 37.4 Å². The number of alkyl halides is 4. The summed E-state index contributed by atoms with van der Waals surface area (Å²) in [4.78, 5) is 25.0. The number of pyridine rings is 1. The number of rotatable bonds is 6. The van der Waals surface area contributed by atoms with Gasteiger partial charge in [0, 0.05) is 17.2 Å². The monoisotopic (exact) mass is 320 g/mol. The Morgan fingerprint density at radius 3 is 1.68 bits per heavy atom. The van der Waals surface area contributed by atoms with Crippen molar-refractivity contribution in [2.75, 3.05) is 5.32 Å². The molecule has 0 radical (unpaired) electrons. The molecular weight excluding hydrogens is 312 g/mol. The number of nitrogens with zero attached hydrogens (tertiary/aromatic N) is 1. The third-order valence-electron chi connectivity index (χ3n) is 3.00. The van der Waals surface area contributed by atoms with Crippen molar-refractivity contribution >= 4 is 17.6 Å². The molecule has 1 aromatic heterocycles. The minimum Gasteiger partial charge on any atom is -0.545 e. The van der Waals surface area contributed by atoms with Gasteiger partial charge in [0.25, 0.3) is 12.9 Å². The predicted octanol–water partition coefficient (Wildman–Crippen LogP) is 0.258. The van der Waals surface area contributed by atoms with Crippen molar-refractivity contribution in [2.24, 2.45) is 0 Å². The van der Waals surface area contributed by atoms with E-state index in [1.54, 1.807) is 0 Å². The lowest BCUT2D eigenvalue weighted by atomic mass is 10.0. The highest BCUT2D eigenvalue weighted by Gasteiger charge is 2.32. The Morgan fingerprint density at radius 2 is 1.41 bits per heavy atom. The molecule has 0 aromatic carbocycles. The molecule has 1 fully saturated rings. The van der Waals surface area contributed by atoms with Crippen LogP contribution in [0.5, 0.6) is 0 Å². The highest BCUT2D eigenvalue weighted by Crippen LogP contribution is 2.37. The maximum atomic E-state index is 12.9. The van der Waals surface area contributed by atoms with Crippen LogP contribution in [-0.2, 0) is 0 Å². The van der Waals surface area contributed by atoms with E-state index in [1.807, 2.05) is 0 Å². The zero-order valence-electron chi connectivity index (χ0n) is 10.7. The van der Waals surface area contributed by atoms with Crippen LogP contribution in [0.15, 0.2) is 0 Å². The number of carboxylic acid groups (broad SMARTS) is 2. The molecule has 0 aliphatic heterocycles. The minimum atomic E-state index is -3.50. The average Bonchev–Trinajstić information content (AvgIpc) is 3.20. The molecule has 0 bridgehead atoms. The molecule has 120 valence electrons. The third kappa shape index (κ3) is 2.95. The fraction of sp³-hybridized carbons (Fsp3) is 0.417. The summed E-state index contributed by atoms with van der Waals surface area (Å²) in [7, 11) is 0. The molecule has 2 rings (SSSR count). The third-order valence-corrected chi connectivity index (χ3v) is 3.00. The number of anilines is 1. The highest BCUT2D eigenvalue weighted by molar-refractivity contribution is 6.03. The van der Waals surface area contributed by atoms with Gasteiger partial charge in [0.1, 0.15) is 11.4 Å². The van der Waals surface area contributed by atoms with Crippen molar-refractivity contribution in [1.29, 1.82) is 0 Å². The first kappa shape index (κ1) is 16.0. The van der Waals surface area contributed by atoms with Gasteiger partial charge in [0.2, 0.25) is 0 Å². The minimum absolute atomic E-state index is 0.394. The van der Waals surface area contributed by atoms with Gasteiger partial charge in [-0.15, -0.1) is 0 Å². The summed E-state index contributed by atoms with van der Waals surface area (Å²) in [5.74, 6) is -4.29. The fourth-order valence-electron chi connectivity index (χ4n) is 1.93. The Labute approximate surface area is 120 Å². The molecule has 0 saturated heterocycles. The number of carbonyl (C=O) groups is 2. The molecule has 6 nitrogen and oxygen atoms in total. The zero-order valence-corrected chi connectivity index (χ0v) is 10.7. The molecule has 1 saturated carbocycles. The van der Waals surface area contributed by atoms with E-state index in [9.17, 15) is 37.4 Å². The molecule has 0 unspecified atom stereocenters. The number of aromatic carboxylic acids is 2. The van der Waals surface area contributed by atoms with Gasteiger partial charge in [-0.1, -0.05) is 0 Å². The lowest BCUT2D eigenvalue weighted by Crippen LogP contribution is -2.32. The van der Waals surface area contributed by atoms with Crippen LogP contribution >= 0.6 is 0 Å². The van der Waals surface area contributed by atoms with E-state index in [4.69, 9.17) is 0 Å². The van der Waals surface area contributed by atoms with Crippen LogP contribution in [0, 0.1) is 0 Å². The van der Waals surface area contributed by atoms with Gasteiger partial charge in [0.05, 0.1) is 17.6 Å².